The van der Waals surface area contributed by atoms with Crippen molar-refractivity contribution >= 4 is 5.91 Å². The quantitative estimate of drug-likeness (QED) is 0.489. The van der Waals surface area contributed by atoms with Crippen molar-refractivity contribution in [2.75, 3.05) is 0 Å². The molecule has 2 saturated heterocycles. The fourth-order valence-corrected chi connectivity index (χ4v) is 2.63. The molecule has 1 amide bonds. The smallest absolute Gasteiger partial charge is 0.231 e. The predicted octanol–water partition coefficient (Wildman–Crippen LogP) is 1.81. The summed E-state index contributed by atoms with van der Waals surface area (Å²) in [5, 5.41) is 0. The van der Waals surface area contributed by atoms with Gasteiger partial charge in [-0.3, -0.25) is 4.79 Å². The lowest BCUT2D eigenvalue weighted by Crippen LogP contribution is -2.73. The van der Waals surface area contributed by atoms with E-state index in [9.17, 15) is 4.79 Å². The van der Waals surface area contributed by atoms with Gasteiger partial charge >= 0.3 is 0 Å². The maximum absolute atomic E-state index is 12.0. The Morgan fingerprint density at radius 2 is 1.80 bits per heavy atom. The molecule has 3 atom stereocenters. The highest BCUT2D eigenvalue weighted by molar-refractivity contribution is 5.90. The second-order valence-electron chi connectivity index (χ2n) is 6.32. The summed E-state index contributed by atoms with van der Waals surface area (Å²) >= 11 is 0. The highest BCUT2D eigenvalue weighted by atomic mass is 16.6. The molecule has 0 radical (unpaired) electrons. The van der Waals surface area contributed by atoms with Gasteiger partial charge in [0.1, 0.15) is 6.10 Å². The Labute approximate surface area is 91.8 Å². The van der Waals surface area contributed by atoms with Gasteiger partial charge in [-0.1, -0.05) is 0 Å². The van der Waals surface area contributed by atoms with Crippen LogP contribution in [0.2, 0.25) is 0 Å². The zero-order valence-corrected chi connectivity index (χ0v) is 10.5. The summed E-state index contributed by atoms with van der Waals surface area (Å²) in [5.41, 5.74) is -0.342. The molecule has 3 nitrogen and oxygen atoms in total. The van der Waals surface area contributed by atoms with E-state index in [4.69, 9.17) is 4.74 Å². The summed E-state index contributed by atoms with van der Waals surface area (Å²) in [6, 6.07) is 0.250. The van der Waals surface area contributed by atoms with Crippen LogP contribution in [-0.2, 0) is 9.53 Å². The lowest BCUT2D eigenvalue weighted by molar-refractivity contribution is -0.181. The minimum Gasteiger partial charge on any atom is -0.368 e. The van der Waals surface area contributed by atoms with Crippen molar-refractivity contribution in [3.05, 3.63) is 0 Å². The van der Waals surface area contributed by atoms with Crippen molar-refractivity contribution in [1.82, 2.24) is 4.90 Å². The van der Waals surface area contributed by atoms with Gasteiger partial charge in [0, 0.05) is 5.54 Å². The first-order valence-corrected chi connectivity index (χ1v) is 5.66. The van der Waals surface area contributed by atoms with Crippen molar-refractivity contribution < 1.29 is 9.53 Å². The first-order valence-electron chi connectivity index (χ1n) is 5.66. The van der Waals surface area contributed by atoms with Crippen LogP contribution in [0.25, 0.3) is 0 Å². The van der Waals surface area contributed by atoms with Crippen LogP contribution < -0.4 is 0 Å². The van der Waals surface area contributed by atoms with Crippen molar-refractivity contribution in [3.8, 4) is 0 Å². The fourth-order valence-electron chi connectivity index (χ4n) is 2.63. The van der Waals surface area contributed by atoms with Crippen molar-refractivity contribution in [3.63, 3.8) is 0 Å². The molecular weight excluding hydrogens is 190 g/mol. The second kappa shape index (κ2) is 2.76. The molecule has 15 heavy (non-hydrogen) atoms. The number of ether oxygens (including phenoxy) is 1. The number of carbonyl (C=O) groups excluding carboxylic acids is 1. The minimum atomic E-state index is -0.247. The van der Waals surface area contributed by atoms with Gasteiger partial charge in [0.15, 0.2) is 0 Å². The summed E-state index contributed by atoms with van der Waals surface area (Å²) in [4.78, 5) is 14.0. The highest BCUT2D eigenvalue weighted by Crippen LogP contribution is 2.49. The third-order valence-electron chi connectivity index (χ3n) is 3.58. The van der Waals surface area contributed by atoms with Gasteiger partial charge in [-0.2, -0.15) is 0 Å². The molecule has 3 heteroatoms. The van der Waals surface area contributed by atoms with Gasteiger partial charge < -0.3 is 9.64 Å². The first-order chi connectivity index (χ1) is 6.67. The zero-order chi connectivity index (χ0) is 11.6. The first kappa shape index (κ1) is 10.9. The van der Waals surface area contributed by atoms with E-state index in [0.717, 1.165) is 0 Å². The zero-order valence-electron chi connectivity index (χ0n) is 10.5. The monoisotopic (exact) mass is 211 g/mol. The van der Waals surface area contributed by atoms with Crippen LogP contribution in [0.1, 0.15) is 41.5 Å². The average molecular weight is 211 g/mol. The molecule has 0 bridgehead atoms. The number of likely N-dealkylation sites (tertiary alicyclic amines) is 1. The van der Waals surface area contributed by atoms with Gasteiger partial charge in [-0.15, -0.1) is 0 Å². The van der Waals surface area contributed by atoms with Gasteiger partial charge in [-0.05, 0) is 41.5 Å². The molecule has 0 saturated carbocycles. The van der Waals surface area contributed by atoms with Crippen LogP contribution in [0.3, 0.4) is 0 Å². The van der Waals surface area contributed by atoms with Crippen molar-refractivity contribution in [1.29, 1.82) is 0 Å². The number of rotatable bonds is 1. The molecule has 0 aromatic rings. The Morgan fingerprint density at radius 3 is 2.13 bits per heavy atom. The lowest BCUT2D eigenvalue weighted by atomic mass is 9.69. The molecule has 0 unspecified atom stereocenters. The molecule has 0 N–H and O–H groups in total. The third kappa shape index (κ3) is 1.40. The molecule has 2 aliphatic heterocycles. The van der Waals surface area contributed by atoms with E-state index in [-0.39, 0.29) is 29.0 Å². The number of β-lactam (4-membered cyclic amide) rings is 1. The largest absolute Gasteiger partial charge is 0.368 e. The molecule has 2 rings (SSSR count). The molecule has 2 fully saturated rings. The second-order valence-corrected chi connectivity index (χ2v) is 6.32. The van der Waals surface area contributed by atoms with Crippen LogP contribution in [0, 0.1) is 5.41 Å². The van der Waals surface area contributed by atoms with E-state index >= 15 is 0 Å². The number of hydrogen-bond acceptors (Lipinski definition) is 2. The Hall–Kier alpha value is -0.570. The third-order valence-corrected chi connectivity index (χ3v) is 3.58. The Morgan fingerprint density at radius 1 is 1.33 bits per heavy atom. The summed E-state index contributed by atoms with van der Waals surface area (Å²) in [6.45, 7) is 12.4. The van der Waals surface area contributed by atoms with E-state index in [0.29, 0.717) is 6.10 Å². The van der Waals surface area contributed by atoms with E-state index in [1.807, 2.05) is 18.7 Å². The standard InChI is InChI=1S/C12H21NO2/c1-7-8(15-7)9-12(5,6)10(14)13(9)11(2,3)4/h7-9H,1-6H3/t7-,8+,9-/m0/s1. The normalized spacial score (nSPS) is 38.9. The number of epoxide rings is 1. The summed E-state index contributed by atoms with van der Waals surface area (Å²) in [5.74, 6) is 0.253. The number of amides is 1. The van der Waals surface area contributed by atoms with E-state index in [2.05, 4.69) is 27.7 Å². The van der Waals surface area contributed by atoms with Gasteiger partial charge in [0.25, 0.3) is 0 Å². The molecule has 86 valence electrons. The Balaban J connectivity index is 2.22. The Kier molecular flexibility index (Phi) is 2.01. The van der Waals surface area contributed by atoms with Gasteiger partial charge in [0.05, 0.1) is 17.6 Å². The number of nitrogens with zero attached hydrogens (tertiary/aromatic N) is 1. The number of hydrogen-bond donors (Lipinski definition) is 0. The number of carbonyl (C=O) groups is 1. The van der Waals surface area contributed by atoms with E-state index < -0.39 is 0 Å². The molecule has 0 aromatic carbocycles. The molecule has 2 heterocycles. The Bertz CT molecular complexity index is 303. The molecular formula is C12H21NO2. The van der Waals surface area contributed by atoms with Crippen molar-refractivity contribution in [2.45, 2.75) is 65.3 Å². The summed E-state index contributed by atoms with van der Waals surface area (Å²) in [7, 11) is 0. The topological polar surface area (TPSA) is 32.8 Å². The van der Waals surface area contributed by atoms with Crippen LogP contribution in [0.15, 0.2) is 0 Å². The summed E-state index contributed by atoms with van der Waals surface area (Å²) < 4.78 is 5.54. The van der Waals surface area contributed by atoms with Gasteiger partial charge in [-0.25, -0.2) is 0 Å². The predicted molar refractivity (Wildman–Crippen MR) is 58.5 cm³/mol. The van der Waals surface area contributed by atoms with Crippen LogP contribution in [0.4, 0.5) is 0 Å². The highest BCUT2D eigenvalue weighted by Gasteiger charge is 2.65. The van der Waals surface area contributed by atoms with Crippen LogP contribution in [-0.4, -0.2) is 34.6 Å². The molecule has 0 aliphatic carbocycles. The minimum absolute atomic E-state index is 0.0943. The maximum atomic E-state index is 12.0. The molecule has 0 aromatic heterocycles. The van der Waals surface area contributed by atoms with E-state index in [1.54, 1.807) is 0 Å². The molecule has 0 spiro atoms. The molecule has 2 aliphatic rings. The lowest BCUT2D eigenvalue weighted by Gasteiger charge is -2.58. The maximum Gasteiger partial charge on any atom is 0.231 e. The van der Waals surface area contributed by atoms with Crippen LogP contribution in [0.5, 0.6) is 0 Å². The average Bonchev–Trinajstić information content (AvgIpc) is 2.74. The van der Waals surface area contributed by atoms with E-state index in [1.165, 1.54) is 0 Å². The SMILES string of the molecule is C[C@@H]1O[C@H]1[C@@H]1N(C(C)(C)C)C(=O)C1(C)C. The van der Waals surface area contributed by atoms with Crippen molar-refractivity contribution in [2.24, 2.45) is 5.41 Å². The summed E-state index contributed by atoms with van der Waals surface area (Å²) in [6.07, 6.45) is 0.559. The fraction of sp³-hybridized carbons (Fsp3) is 0.917. The van der Waals surface area contributed by atoms with Gasteiger partial charge in [0.2, 0.25) is 5.91 Å². The van der Waals surface area contributed by atoms with Crippen LogP contribution >= 0.6 is 0 Å².